The molecule has 20 heavy (non-hydrogen) atoms. The first-order valence-electron chi connectivity index (χ1n) is 7.31. The van der Waals surface area contributed by atoms with Crippen LogP contribution in [0.1, 0.15) is 24.8 Å². The summed E-state index contributed by atoms with van der Waals surface area (Å²) in [6.45, 7) is 4.81. The molecular formula is C16H27ClN2S. The average molecular weight is 315 g/mol. The normalized spacial score (nSPS) is 16.9. The summed E-state index contributed by atoms with van der Waals surface area (Å²) in [6.07, 6.45) is 6.20. The zero-order valence-electron chi connectivity index (χ0n) is 12.6. The number of nitrogens with one attached hydrogen (secondary N) is 1. The summed E-state index contributed by atoms with van der Waals surface area (Å²) in [7, 11) is 2.05. The Morgan fingerprint density at radius 3 is 2.40 bits per heavy atom. The van der Waals surface area contributed by atoms with E-state index in [0.717, 1.165) is 12.5 Å². The van der Waals surface area contributed by atoms with Crippen molar-refractivity contribution in [3.05, 3.63) is 29.8 Å². The highest BCUT2D eigenvalue weighted by Crippen LogP contribution is 2.22. The van der Waals surface area contributed by atoms with Crippen LogP contribution in [0.2, 0.25) is 0 Å². The Labute approximate surface area is 134 Å². The van der Waals surface area contributed by atoms with E-state index >= 15 is 0 Å². The number of rotatable bonds is 6. The molecule has 0 spiro atoms. The highest BCUT2D eigenvalue weighted by molar-refractivity contribution is 7.98. The predicted octanol–water partition coefficient (Wildman–Crippen LogP) is 3.65. The third-order valence-corrected chi connectivity index (χ3v) is 4.82. The lowest BCUT2D eigenvalue weighted by Gasteiger charge is -2.32. The van der Waals surface area contributed by atoms with Crippen LogP contribution in [0.5, 0.6) is 0 Å². The number of halogens is 1. The second-order valence-electron chi connectivity index (χ2n) is 5.46. The van der Waals surface area contributed by atoms with E-state index in [-0.39, 0.29) is 12.4 Å². The molecule has 0 radical (unpaired) electrons. The van der Waals surface area contributed by atoms with Crippen molar-refractivity contribution < 1.29 is 0 Å². The minimum atomic E-state index is 0. The van der Waals surface area contributed by atoms with E-state index in [2.05, 4.69) is 40.7 Å². The third-order valence-electron chi connectivity index (χ3n) is 4.07. The molecule has 4 heteroatoms. The van der Waals surface area contributed by atoms with Gasteiger partial charge < -0.3 is 5.32 Å². The van der Waals surface area contributed by atoms with Gasteiger partial charge in [0.15, 0.2) is 0 Å². The standard InChI is InChI=1S/C16H26N2S.ClH/c1-17-10-7-14-8-11-18(12-9-14)13-15-3-5-16(19-2)6-4-15;/h3-6,14,17H,7-13H2,1-2H3;1H. The SMILES string of the molecule is CNCCC1CCN(Cc2ccc(SC)cc2)CC1.Cl. The Bertz CT molecular complexity index is 361. The molecule has 1 fully saturated rings. The molecule has 0 atom stereocenters. The number of thioether (sulfide) groups is 1. The molecule has 0 bridgehead atoms. The predicted molar refractivity (Wildman–Crippen MR) is 92.0 cm³/mol. The van der Waals surface area contributed by atoms with Crippen molar-refractivity contribution in [2.24, 2.45) is 5.92 Å². The Hall–Kier alpha value is -0.220. The van der Waals surface area contributed by atoms with Crippen molar-refractivity contribution in [1.29, 1.82) is 0 Å². The molecule has 0 amide bonds. The van der Waals surface area contributed by atoms with Gasteiger partial charge in [-0.15, -0.1) is 24.2 Å². The molecule has 1 aromatic rings. The number of likely N-dealkylation sites (tertiary alicyclic amines) is 1. The van der Waals surface area contributed by atoms with Gasteiger partial charge in [0, 0.05) is 11.4 Å². The summed E-state index contributed by atoms with van der Waals surface area (Å²) >= 11 is 1.81. The van der Waals surface area contributed by atoms with Gasteiger partial charge in [0.2, 0.25) is 0 Å². The first-order valence-corrected chi connectivity index (χ1v) is 8.54. The van der Waals surface area contributed by atoms with Crippen LogP contribution in [0.15, 0.2) is 29.2 Å². The molecule has 2 nitrogen and oxygen atoms in total. The molecule has 0 unspecified atom stereocenters. The van der Waals surface area contributed by atoms with Gasteiger partial charge in [-0.2, -0.15) is 0 Å². The quantitative estimate of drug-likeness (QED) is 0.807. The molecule has 2 rings (SSSR count). The lowest BCUT2D eigenvalue weighted by atomic mass is 9.93. The third kappa shape index (κ3) is 5.65. The monoisotopic (exact) mass is 314 g/mol. The zero-order chi connectivity index (χ0) is 13.5. The highest BCUT2D eigenvalue weighted by Gasteiger charge is 2.18. The smallest absolute Gasteiger partial charge is 0.0233 e. The minimum Gasteiger partial charge on any atom is -0.320 e. The average Bonchev–Trinajstić information content (AvgIpc) is 2.47. The fraction of sp³-hybridized carbons (Fsp3) is 0.625. The van der Waals surface area contributed by atoms with Crippen LogP contribution < -0.4 is 5.32 Å². The second-order valence-corrected chi connectivity index (χ2v) is 6.34. The Kier molecular flexibility index (Phi) is 8.62. The largest absolute Gasteiger partial charge is 0.320 e. The Morgan fingerprint density at radius 2 is 1.85 bits per heavy atom. The Balaban J connectivity index is 0.00000200. The van der Waals surface area contributed by atoms with Crippen molar-refractivity contribution in [1.82, 2.24) is 10.2 Å². The first-order chi connectivity index (χ1) is 9.31. The van der Waals surface area contributed by atoms with E-state index in [4.69, 9.17) is 0 Å². The van der Waals surface area contributed by atoms with Crippen LogP contribution in [0, 0.1) is 5.92 Å². The fourth-order valence-corrected chi connectivity index (χ4v) is 3.18. The van der Waals surface area contributed by atoms with Gasteiger partial charge in [-0.1, -0.05) is 12.1 Å². The van der Waals surface area contributed by atoms with Crippen molar-refractivity contribution in [3.63, 3.8) is 0 Å². The number of hydrogen-bond acceptors (Lipinski definition) is 3. The number of benzene rings is 1. The maximum atomic E-state index is 3.26. The molecule has 114 valence electrons. The second kappa shape index (κ2) is 9.67. The summed E-state index contributed by atoms with van der Waals surface area (Å²) in [5.41, 5.74) is 1.45. The van der Waals surface area contributed by atoms with E-state index < -0.39 is 0 Å². The van der Waals surface area contributed by atoms with Crippen molar-refractivity contribution in [3.8, 4) is 0 Å². The van der Waals surface area contributed by atoms with Crippen LogP contribution in [0.25, 0.3) is 0 Å². The van der Waals surface area contributed by atoms with E-state index in [0.29, 0.717) is 0 Å². The lowest BCUT2D eigenvalue weighted by Crippen LogP contribution is -2.34. The highest BCUT2D eigenvalue weighted by atomic mass is 35.5. The fourth-order valence-electron chi connectivity index (χ4n) is 2.77. The van der Waals surface area contributed by atoms with Gasteiger partial charge in [0.05, 0.1) is 0 Å². The lowest BCUT2D eigenvalue weighted by molar-refractivity contribution is 0.172. The molecule has 1 N–H and O–H groups in total. The van der Waals surface area contributed by atoms with Crippen LogP contribution in [-0.4, -0.2) is 37.8 Å². The van der Waals surface area contributed by atoms with Crippen LogP contribution in [-0.2, 0) is 6.54 Å². The summed E-state index contributed by atoms with van der Waals surface area (Å²) in [4.78, 5) is 3.96. The van der Waals surface area contributed by atoms with Gasteiger partial charge >= 0.3 is 0 Å². The summed E-state index contributed by atoms with van der Waals surface area (Å²) in [6, 6.07) is 9.02. The van der Waals surface area contributed by atoms with Gasteiger partial charge in [-0.25, -0.2) is 0 Å². The molecule has 1 aliphatic rings. The molecular weight excluding hydrogens is 288 g/mol. The van der Waals surface area contributed by atoms with E-state index in [1.807, 2.05) is 18.8 Å². The number of piperidine rings is 1. The van der Waals surface area contributed by atoms with Crippen LogP contribution in [0.4, 0.5) is 0 Å². The molecule has 0 aliphatic carbocycles. The van der Waals surface area contributed by atoms with Crippen molar-refractivity contribution in [2.75, 3.05) is 32.9 Å². The van der Waals surface area contributed by atoms with Crippen LogP contribution in [0.3, 0.4) is 0 Å². The molecule has 0 saturated carbocycles. The molecule has 1 heterocycles. The summed E-state index contributed by atoms with van der Waals surface area (Å²) in [5, 5.41) is 3.26. The maximum Gasteiger partial charge on any atom is 0.0233 e. The molecule has 1 aromatic carbocycles. The Morgan fingerprint density at radius 1 is 1.20 bits per heavy atom. The molecule has 0 aromatic heterocycles. The number of hydrogen-bond donors (Lipinski definition) is 1. The summed E-state index contributed by atoms with van der Waals surface area (Å²) < 4.78 is 0. The van der Waals surface area contributed by atoms with Gasteiger partial charge in [0.25, 0.3) is 0 Å². The van der Waals surface area contributed by atoms with Crippen LogP contribution >= 0.6 is 24.2 Å². The van der Waals surface area contributed by atoms with Crippen molar-refractivity contribution in [2.45, 2.75) is 30.7 Å². The molecule has 1 aliphatic heterocycles. The van der Waals surface area contributed by atoms with Crippen molar-refractivity contribution >= 4 is 24.2 Å². The maximum absolute atomic E-state index is 3.26. The minimum absolute atomic E-state index is 0. The van der Waals surface area contributed by atoms with Gasteiger partial charge in [-0.3, -0.25) is 4.90 Å². The summed E-state index contributed by atoms with van der Waals surface area (Å²) in [5.74, 6) is 0.933. The van der Waals surface area contributed by atoms with E-state index in [1.165, 1.54) is 49.4 Å². The van der Waals surface area contributed by atoms with E-state index in [9.17, 15) is 0 Å². The van der Waals surface area contributed by atoms with Gasteiger partial charge in [0.1, 0.15) is 0 Å². The first kappa shape index (κ1) is 17.8. The van der Waals surface area contributed by atoms with Gasteiger partial charge in [-0.05, 0) is 75.8 Å². The zero-order valence-corrected chi connectivity index (χ0v) is 14.2. The topological polar surface area (TPSA) is 15.3 Å². The molecule has 1 saturated heterocycles. The number of nitrogens with zero attached hydrogens (tertiary/aromatic N) is 1. The van der Waals surface area contributed by atoms with E-state index in [1.54, 1.807) is 0 Å².